The first kappa shape index (κ1) is 19.2. The number of ether oxygens (including phenoxy) is 1. The van der Waals surface area contributed by atoms with Gasteiger partial charge in [0.05, 0.1) is 44.0 Å². The molecule has 1 N–H and O–H groups in total. The molecule has 26 heavy (non-hydrogen) atoms. The number of hydrogen-bond donors (Lipinski definition) is 1. The van der Waals surface area contributed by atoms with E-state index in [0.29, 0.717) is 26.2 Å². The number of aryl methyl sites for hydroxylation is 1. The number of aromatic nitrogens is 2. The van der Waals surface area contributed by atoms with Crippen molar-refractivity contribution in [1.82, 2.24) is 19.8 Å². The minimum absolute atomic E-state index is 0.0723. The lowest BCUT2D eigenvalue weighted by Gasteiger charge is -2.48. The smallest absolute Gasteiger partial charge is 0.222 e. The van der Waals surface area contributed by atoms with Crippen LogP contribution in [0.25, 0.3) is 0 Å². The second-order valence-corrected chi connectivity index (χ2v) is 7.61. The van der Waals surface area contributed by atoms with Gasteiger partial charge in [-0.3, -0.25) is 14.8 Å². The summed E-state index contributed by atoms with van der Waals surface area (Å²) in [5.74, 6) is 0.224. The number of carbonyl (C=O) groups excluding carboxylic acids is 1. The van der Waals surface area contributed by atoms with Crippen LogP contribution in [0.4, 0.5) is 0 Å². The first-order valence-electron chi connectivity index (χ1n) is 9.56. The van der Waals surface area contributed by atoms with Crippen LogP contribution in [0.15, 0.2) is 12.4 Å². The predicted octanol–water partition coefficient (Wildman–Crippen LogP) is 0.999. The Hall–Kier alpha value is -1.57. The maximum atomic E-state index is 12.4. The van der Waals surface area contributed by atoms with Crippen molar-refractivity contribution in [3.8, 4) is 0 Å². The quantitative estimate of drug-likeness (QED) is 0.729. The van der Waals surface area contributed by atoms with Crippen molar-refractivity contribution < 1.29 is 14.6 Å². The summed E-state index contributed by atoms with van der Waals surface area (Å²) in [5.41, 5.74) is 1.92. The monoisotopic (exact) mass is 362 g/mol. The molecule has 2 saturated heterocycles. The topological polar surface area (TPSA) is 78.8 Å². The number of hydrogen-bond acceptors (Lipinski definition) is 6. The van der Waals surface area contributed by atoms with Crippen LogP contribution < -0.4 is 0 Å². The number of aliphatic hydroxyl groups is 1. The Kier molecular flexibility index (Phi) is 6.56. The van der Waals surface area contributed by atoms with Gasteiger partial charge in [0.15, 0.2) is 0 Å². The fourth-order valence-electron chi connectivity index (χ4n) is 4.14. The average Bonchev–Trinajstić information content (AvgIpc) is 2.64. The van der Waals surface area contributed by atoms with Crippen molar-refractivity contribution in [2.45, 2.75) is 39.2 Å². The summed E-state index contributed by atoms with van der Waals surface area (Å²) in [7, 11) is 0. The molecule has 1 spiro atoms. The van der Waals surface area contributed by atoms with E-state index in [4.69, 9.17) is 9.84 Å². The summed E-state index contributed by atoms with van der Waals surface area (Å²) in [6, 6.07) is 0. The van der Waals surface area contributed by atoms with Crippen LogP contribution in [0, 0.1) is 12.3 Å². The number of piperidine rings is 2. The molecule has 3 heterocycles. The van der Waals surface area contributed by atoms with E-state index in [1.807, 2.05) is 11.8 Å². The number of likely N-dealkylation sites (tertiary alicyclic amines) is 2. The Labute approximate surface area is 155 Å². The number of amides is 1. The Morgan fingerprint density at radius 2 is 2.12 bits per heavy atom. The van der Waals surface area contributed by atoms with E-state index in [0.717, 1.165) is 50.4 Å². The second-order valence-electron chi connectivity index (χ2n) is 7.61. The third kappa shape index (κ3) is 4.99. The molecule has 1 aromatic heterocycles. The van der Waals surface area contributed by atoms with Gasteiger partial charge < -0.3 is 19.6 Å². The second kappa shape index (κ2) is 8.88. The van der Waals surface area contributed by atoms with Gasteiger partial charge in [0.1, 0.15) is 0 Å². The van der Waals surface area contributed by atoms with Crippen molar-refractivity contribution in [2.75, 3.05) is 46.0 Å². The zero-order chi connectivity index (χ0) is 18.4. The summed E-state index contributed by atoms with van der Waals surface area (Å²) >= 11 is 0. The van der Waals surface area contributed by atoms with Gasteiger partial charge in [-0.1, -0.05) is 0 Å². The molecule has 2 fully saturated rings. The van der Waals surface area contributed by atoms with Crippen LogP contribution in [-0.2, 0) is 16.1 Å². The number of aliphatic hydroxyl groups excluding tert-OH is 1. The van der Waals surface area contributed by atoms with Crippen LogP contribution in [0.2, 0.25) is 0 Å². The molecule has 0 aliphatic carbocycles. The summed E-state index contributed by atoms with van der Waals surface area (Å²) in [6.45, 7) is 7.38. The van der Waals surface area contributed by atoms with Crippen LogP contribution in [-0.4, -0.2) is 76.8 Å². The van der Waals surface area contributed by atoms with Gasteiger partial charge in [-0.15, -0.1) is 0 Å². The molecule has 0 aromatic carbocycles. The summed E-state index contributed by atoms with van der Waals surface area (Å²) in [4.78, 5) is 25.6. The Morgan fingerprint density at radius 3 is 2.88 bits per heavy atom. The molecule has 2 aliphatic heterocycles. The van der Waals surface area contributed by atoms with Gasteiger partial charge in [-0.25, -0.2) is 0 Å². The zero-order valence-corrected chi connectivity index (χ0v) is 15.7. The van der Waals surface area contributed by atoms with Crippen molar-refractivity contribution in [1.29, 1.82) is 0 Å². The molecule has 1 amide bonds. The zero-order valence-electron chi connectivity index (χ0n) is 15.7. The summed E-state index contributed by atoms with van der Waals surface area (Å²) < 4.78 is 5.42. The molecule has 3 rings (SSSR count). The minimum Gasteiger partial charge on any atom is -0.394 e. The largest absolute Gasteiger partial charge is 0.394 e. The van der Waals surface area contributed by atoms with Crippen LogP contribution in [0.1, 0.15) is 37.1 Å². The Bertz CT molecular complexity index is 595. The molecule has 1 unspecified atom stereocenters. The van der Waals surface area contributed by atoms with Crippen LogP contribution in [0.5, 0.6) is 0 Å². The maximum Gasteiger partial charge on any atom is 0.222 e. The standard InChI is InChI=1S/C19H30N4O3/c1-16-11-21-17(12-20-16)13-23-15-19(5-3-18(23)25)4-2-6-22(14-19)7-9-26-10-8-24/h11-12,24H,2-10,13-15H2,1H3. The highest BCUT2D eigenvalue weighted by Gasteiger charge is 2.41. The average molecular weight is 362 g/mol. The number of carbonyl (C=O) groups is 1. The molecule has 7 heteroatoms. The molecule has 1 aromatic rings. The fourth-order valence-corrected chi connectivity index (χ4v) is 4.14. The van der Waals surface area contributed by atoms with Crippen molar-refractivity contribution in [3.63, 3.8) is 0 Å². The third-order valence-electron chi connectivity index (χ3n) is 5.46. The highest BCUT2D eigenvalue weighted by Crippen LogP contribution is 2.39. The van der Waals surface area contributed by atoms with Crippen LogP contribution in [0.3, 0.4) is 0 Å². The van der Waals surface area contributed by atoms with Gasteiger partial charge in [0.2, 0.25) is 5.91 Å². The molecule has 7 nitrogen and oxygen atoms in total. The summed E-state index contributed by atoms with van der Waals surface area (Å²) in [5, 5.41) is 8.81. The lowest BCUT2D eigenvalue weighted by molar-refractivity contribution is -0.140. The van der Waals surface area contributed by atoms with Gasteiger partial charge in [0, 0.05) is 37.7 Å². The molecule has 0 radical (unpaired) electrons. The van der Waals surface area contributed by atoms with Crippen LogP contribution >= 0.6 is 0 Å². The van der Waals surface area contributed by atoms with E-state index in [9.17, 15) is 4.79 Å². The molecular weight excluding hydrogens is 332 g/mol. The van der Waals surface area contributed by atoms with Gasteiger partial charge in [0.25, 0.3) is 0 Å². The molecule has 0 bridgehead atoms. The van der Waals surface area contributed by atoms with E-state index in [1.54, 1.807) is 12.4 Å². The SMILES string of the molecule is Cc1cnc(CN2CC3(CCCN(CCOCCO)C3)CCC2=O)cn1. The first-order chi connectivity index (χ1) is 12.6. The number of nitrogens with zero attached hydrogens (tertiary/aromatic N) is 4. The molecule has 2 aliphatic rings. The fraction of sp³-hybridized carbons (Fsp3) is 0.737. The highest BCUT2D eigenvalue weighted by atomic mass is 16.5. The van der Waals surface area contributed by atoms with Crippen molar-refractivity contribution in [3.05, 3.63) is 23.8 Å². The lowest BCUT2D eigenvalue weighted by Crippen LogP contribution is -2.54. The van der Waals surface area contributed by atoms with Crippen molar-refractivity contribution >= 4 is 5.91 Å². The van der Waals surface area contributed by atoms with E-state index in [2.05, 4.69) is 14.9 Å². The molecule has 144 valence electrons. The van der Waals surface area contributed by atoms with E-state index in [1.165, 1.54) is 6.42 Å². The normalized spacial score (nSPS) is 24.4. The van der Waals surface area contributed by atoms with Crippen molar-refractivity contribution in [2.24, 2.45) is 5.41 Å². The highest BCUT2D eigenvalue weighted by molar-refractivity contribution is 5.77. The number of rotatable bonds is 7. The van der Waals surface area contributed by atoms with E-state index in [-0.39, 0.29) is 17.9 Å². The van der Waals surface area contributed by atoms with Gasteiger partial charge in [-0.05, 0) is 32.7 Å². The molecular formula is C19H30N4O3. The first-order valence-corrected chi connectivity index (χ1v) is 9.56. The molecule has 0 saturated carbocycles. The van der Waals surface area contributed by atoms with Gasteiger partial charge >= 0.3 is 0 Å². The minimum atomic E-state index is 0.0723. The maximum absolute atomic E-state index is 12.4. The Morgan fingerprint density at radius 1 is 1.23 bits per heavy atom. The predicted molar refractivity (Wildman–Crippen MR) is 97.4 cm³/mol. The Balaban J connectivity index is 1.58. The lowest BCUT2D eigenvalue weighted by atomic mass is 9.73. The van der Waals surface area contributed by atoms with Gasteiger partial charge in [-0.2, -0.15) is 0 Å². The molecule has 1 atom stereocenters. The van der Waals surface area contributed by atoms with E-state index < -0.39 is 0 Å². The summed E-state index contributed by atoms with van der Waals surface area (Å²) in [6.07, 6.45) is 7.45. The van der Waals surface area contributed by atoms with E-state index >= 15 is 0 Å². The third-order valence-corrected chi connectivity index (χ3v) is 5.46.